The van der Waals surface area contributed by atoms with Gasteiger partial charge in [0.1, 0.15) is 0 Å². The van der Waals surface area contributed by atoms with Crippen LogP contribution in [0.25, 0.3) is 5.57 Å². The molecular formula is C19H22N2OS. The number of nitrogens with zero attached hydrogens (tertiary/aromatic N) is 1. The Bertz CT molecular complexity index is 686. The van der Waals surface area contributed by atoms with Gasteiger partial charge in [-0.15, -0.1) is 11.3 Å². The molecule has 0 atom stereocenters. The standard InChI is InChI=1S/C19H22N2OS/c1-3-16(13-14-20-2)17-10-12-19(23-17)21-18(22)11-9-15-7-5-4-6-8-15/h4-8,10,12-14H,3,9,11H2,1-2H3,(H,21,22)/b16-13+,20-14?. The maximum atomic E-state index is 12.1. The third-order valence-corrected chi connectivity index (χ3v) is 4.55. The lowest BCUT2D eigenvalue weighted by Gasteiger charge is -2.03. The van der Waals surface area contributed by atoms with Gasteiger partial charge in [0.2, 0.25) is 5.91 Å². The molecule has 1 aromatic heterocycles. The fourth-order valence-electron chi connectivity index (χ4n) is 2.22. The summed E-state index contributed by atoms with van der Waals surface area (Å²) in [6, 6.07) is 14.1. The Morgan fingerprint density at radius 3 is 2.70 bits per heavy atom. The lowest BCUT2D eigenvalue weighted by atomic mass is 10.1. The number of aliphatic imine (C=N–C) groups is 1. The number of aryl methyl sites for hydroxylation is 1. The Morgan fingerprint density at radius 2 is 2.00 bits per heavy atom. The molecule has 3 nitrogen and oxygen atoms in total. The van der Waals surface area contributed by atoms with Gasteiger partial charge in [0.05, 0.1) is 5.00 Å². The molecule has 2 rings (SSSR count). The molecule has 0 radical (unpaired) electrons. The number of amides is 1. The highest BCUT2D eigenvalue weighted by molar-refractivity contribution is 7.17. The summed E-state index contributed by atoms with van der Waals surface area (Å²) in [7, 11) is 1.76. The molecule has 1 N–H and O–H groups in total. The van der Waals surface area contributed by atoms with Crippen LogP contribution >= 0.6 is 11.3 Å². The SMILES string of the molecule is CC/C(=C\C=NC)c1ccc(NC(=O)CCc2ccccc2)s1. The van der Waals surface area contributed by atoms with Gasteiger partial charge in [-0.05, 0) is 42.2 Å². The highest BCUT2D eigenvalue weighted by Gasteiger charge is 2.07. The number of allylic oxidation sites excluding steroid dienone is 2. The summed E-state index contributed by atoms with van der Waals surface area (Å²) in [5.41, 5.74) is 2.41. The van der Waals surface area contributed by atoms with E-state index in [2.05, 4.69) is 23.3 Å². The first-order valence-electron chi connectivity index (χ1n) is 7.78. The van der Waals surface area contributed by atoms with E-state index in [1.165, 1.54) is 16.0 Å². The molecule has 0 fully saturated rings. The van der Waals surface area contributed by atoms with Crippen molar-refractivity contribution >= 4 is 34.0 Å². The molecule has 1 aromatic carbocycles. The fourth-order valence-corrected chi connectivity index (χ4v) is 3.24. The second-order valence-corrected chi connectivity index (χ2v) is 6.23. The molecule has 0 unspecified atom stereocenters. The van der Waals surface area contributed by atoms with Gasteiger partial charge in [-0.1, -0.05) is 37.3 Å². The first-order chi connectivity index (χ1) is 11.2. The van der Waals surface area contributed by atoms with Gasteiger partial charge >= 0.3 is 0 Å². The Labute approximate surface area is 141 Å². The van der Waals surface area contributed by atoms with E-state index >= 15 is 0 Å². The van der Waals surface area contributed by atoms with Crippen LogP contribution in [0.2, 0.25) is 0 Å². The molecule has 4 heteroatoms. The van der Waals surface area contributed by atoms with Crippen LogP contribution in [0.15, 0.2) is 53.5 Å². The highest BCUT2D eigenvalue weighted by Crippen LogP contribution is 2.29. The molecular weight excluding hydrogens is 304 g/mol. The van der Waals surface area contributed by atoms with Crippen molar-refractivity contribution in [3.8, 4) is 0 Å². The normalized spacial score (nSPS) is 11.8. The first-order valence-corrected chi connectivity index (χ1v) is 8.60. The van der Waals surface area contributed by atoms with Crippen molar-refractivity contribution in [2.45, 2.75) is 26.2 Å². The van der Waals surface area contributed by atoms with Crippen molar-refractivity contribution in [2.24, 2.45) is 4.99 Å². The van der Waals surface area contributed by atoms with Crippen LogP contribution in [0.5, 0.6) is 0 Å². The zero-order chi connectivity index (χ0) is 16.5. The lowest BCUT2D eigenvalue weighted by molar-refractivity contribution is -0.116. The summed E-state index contributed by atoms with van der Waals surface area (Å²) in [6.45, 7) is 2.12. The van der Waals surface area contributed by atoms with Crippen molar-refractivity contribution < 1.29 is 4.79 Å². The first kappa shape index (κ1) is 17.2. The molecule has 0 saturated carbocycles. The third kappa shape index (κ3) is 5.49. The van der Waals surface area contributed by atoms with Crippen molar-refractivity contribution in [3.05, 3.63) is 59.0 Å². The molecule has 0 spiro atoms. The minimum atomic E-state index is 0.0550. The lowest BCUT2D eigenvalue weighted by Crippen LogP contribution is -2.11. The number of hydrogen-bond acceptors (Lipinski definition) is 3. The number of nitrogens with one attached hydrogen (secondary N) is 1. The molecule has 0 aliphatic carbocycles. The van der Waals surface area contributed by atoms with Gasteiger partial charge in [-0.3, -0.25) is 9.79 Å². The number of hydrogen-bond donors (Lipinski definition) is 1. The van der Waals surface area contributed by atoms with E-state index in [-0.39, 0.29) is 5.91 Å². The topological polar surface area (TPSA) is 41.5 Å². The largest absolute Gasteiger partial charge is 0.318 e. The molecule has 120 valence electrons. The highest BCUT2D eigenvalue weighted by atomic mass is 32.1. The number of carbonyl (C=O) groups is 1. The summed E-state index contributed by atoms with van der Waals surface area (Å²) in [5, 5.41) is 3.88. The monoisotopic (exact) mass is 326 g/mol. The Morgan fingerprint density at radius 1 is 1.22 bits per heavy atom. The quantitative estimate of drug-likeness (QED) is 0.729. The number of rotatable bonds is 7. The zero-order valence-electron chi connectivity index (χ0n) is 13.6. The minimum absolute atomic E-state index is 0.0550. The number of benzene rings is 1. The maximum Gasteiger partial charge on any atom is 0.225 e. The average molecular weight is 326 g/mol. The van der Waals surface area contributed by atoms with Gasteiger partial charge in [-0.2, -0.15) is 0 Å². The maximum absolute atomic E-state index is 12.1. The molecule has 0 aliphatic heterocycles. The van der Waals surface area contributed by atoms with Crippen LogP contribution in [0.4, 0.5) is 5.00 Å². The van der Waals surface area contributed by atoms with Crippen molar-refractivity contribution in [1.82, 2.24) is 0 Å². The zero-order valence-corrected chi connectivity index (χ0v) is 14.4. The van der Waals surface area contributed by atoms with Crippen molar-refractivity contribution in [1.29, 1.82) is 0 Å². The van der Waals surface area contributed by atoms with E-state index in [9.17, 15) is 4.79 Å². The van der Waals surface area contributed by atoms with Crippen LogP contribution in [-0.2, 0) is 11.2 Å². The molecule has 0 aliphatic rings. The predicted molar refractivity (Wildman–Crippen MR) is 100 cm³/mol. The molecule has 0 bridgehead atoms. The van der Waals surface area contributed by atoms with E-state index in [0.717, 1.165) is 17.8 Å². The Hall–Kier alpha value is -2.20. The van der Waals surface area contributed by atoms with E-state index < -0.39 is 0 Å². The summed E-state index contributed by atoms with van der Waals surface area (Å²) in [4.78, 5) is 17.2. The van der Waals surface area contributed by atoms with Crippen LogP contribution in [0.3, 0.4) is 0 Å². The number of thiophene rings is 1. The molecule has 2 aromatic rings. The molecule has 1 heterocycles. The van der Waals surface area contributed by atoms with E-state index in [1.54, 1.807) is 24.6 Å². The summed E-state index contributed by atoms with van der Waals surface area (Å²) >= 11 is 1.60. The van der Waals surface area contributed by atoms with Crippen LogP contribution < -0.4 is 5.32 Å². The summed E-state index contributed by atoms with van der Waals surface area (Å²) in [5.74, 6) is 0.0550. The van der Waals surface area contributed by atoms with E-state index in [1.807, 2.05) is 42.5 Å². The van der Waals surface area contributed by atoms with Gasteiger partial charge in [-0.25, -0.2) is 0 Å². The van der Waals surface area contributed by atoms with E-state index in [4.69, 9.17) is 0 Å². The second kappa shape index (κ2) is 9.06. The molecule has 1 amide bonds. The Balaban J connectivity index is 1.92. The van der Waals surface area contributed by atoms with Gasteiger partial charge < -0.3 is 5.32 Å². The van der Waals surface area contributed by atoms with Crippen molar-refractivity contribution in [2.75, 3.05) is 12.4 Å². The van der Waals surface area contributed by atoms with Gasteiger partial charge in [0, 0.05) is 24.6 Å². The summed E-state index contributed by atoms with van der Waals surface area (Å²) in [6.07, 6.45) is 6.02. The van der Waals surface area contributed by atoms with Gasteiger partial charge in [0.25, 0.3) is 0 Å². The average Bonchev–Trinajstić information content (AvgIpc) is 3.03. The Kier molecular flexibility index (Phi) is 6.76. The van der Waals surface area contributed by atoms with Gasteiger partial charge in [0.15, 0.2) is 0 Å². The van der Waals surface area contributed by atoms with Crippen LogP contribution in [0.1, 0.15) is 30.2 Å². The fraction of sp³-hybridized carbons (Fsp3) is 0.263. The molecule has 23 heavy (non-hydrogen) atoms. The second-order valence-electron chi connectivity index (χ2n) is 5.15. The van der Waals surface area contributed by atoms with Crippen LogP contribution in [0, 0.1) is 0 Å². The minimum Gasteiger partial charge on any atom is -0.318 e. The number of anilines is 1. The smallest absolute Gasteiger partial charge is 0.225 e. The third-order valence-electron chi connectivity index (χ3n) is 3.47. The molecule has 0 saturated heterocycles. The van der Waals surface area contributed by atoms with E-state index in [0.29, 0.717) is 6.42 Å². The van der Waals surface area contributed by atoms with Crippen LogP contribution in [-0.4, -0.2) is 19.2 Å². The predicted octanol–water partition coefficient (Wildman–Crippen LogP) is 4.81. The van der Waals surface area contributed by atoms with Crippen molar-refractivity contribution in [3.63, 3.8) is 0 Å². The number of carbonyl (C=O) groups excluding carboxylic acids is 1. The summed E-state index contributed by atoms with van der Waals surface area (Å²) < 4.78 is 0.